The lowest BCUT2D eigenvalue weighted by Gasteiger charge is -2.22. The molecule has 1 aromatic carbocycles. The van der Waals surface area contributed by atoms with Crippen LogP contribution in [0.2, 0.25) is 4.34 Å². The molecule has 0 bridgehead atoms. The van der Waals surface area contributed by atoms with E-state index in [1.165, 1.54) is 4.88 Å². The third-order valence-electron chi connectivity index (χ3n) is 3.58. The number of nitrogens with one attached hydrogen (secondary N) is 2. The maximum Gasteiger partial charge on any atom is 0.191 e. The molecule has 7 heteroatoms. The van der Waals surface area contributed by atoms with Crippen molar-refractivity contribution in [1.82, 2.24) is 10.6 Å². The summed E-state index contributed by atoms with van der Waals surface area (Å²) in [7, 11) is 0. The van der Waals surface area contributed by atoms with Gasteiger partial charge in [-0.2, -0.15) is 0 Å². The van der Waals surface area contributed by atoms with Gasteiger partial charge in [0.25, 0.3) is 0 Å². The second-order valence-corrected chi connectivity index (χ2v) is 7.52. The average molecular weight is 494 g/mol. The summed E-state index contributed by atoms with van der Waals surface area (Å²) in [6.45, 7) is 5.62. The predicted molar refractivity (Wildman–Crippen MR) is 118 cm³/mol. The smallest absolute Gasteiger partial charge is 0.191 e. The molecule has 0 aliphatic heterocycles. The van der Waals surface area contributed by atoms with Crippen molar-refractivity contribution in [2.45, 2.75) is 25.9 Å². The maximum atomic E-state index is 10.6. The van der Waals surface area contributed by atoms with Gasteiger partial charge in [0.05, 0.1) is 10.9 Å². The monoisotopic (exact) mass is 493 g/mol. The first-order valence-corrected chi connectivity index (χ1v) is 9.25. The first kappa shape index (κ1) is 22.2. The van der Waals surface area contributed by atoms with Crippen LogP contribution in [0.4, 0.5) is 0 Å². The minimum atomic E-state index is -0.995. The number of hydrogen-bond donors (Lipinski definition) is 3. The van der Waals surface area contributed by atoms with Crippen molar-refractivity contribution >= 4 is 52.9 Å². The van der Waals surface area contributed by atoms with E-state index in [1.54, 1.807) is 18.3 Å². The van der Waals surface area contributed by atoms with E-state index in [9.17, 15) is 5.11 Å². The number of aliphatic imine (C=N–C) groups is 1. The maximum absolute atomic E-state index is 10.6. The van der Waals surface area contributed by atoms with E-state index in [1.807, 2.05) is 49.4 Å². The summed E-state index contributed by atoms with van der Waals surface area (Å²) in [5.41, 5.74) is -0.136. The molecule has 4 nitrogen and oxygen atoms in total. The Balaban J connectivity index is 0.00000312. The SMILES string of the molecule is CCNC(=NCC(C)(O)c1ccccc1)NCCc1ccc(Cl)s1.I. The largest absolute Gasteiger partial charge is 0.384 e. The van der Waals surface area contributed by atoms with Crippen LogP contribution >= 0.6 is 46.9 Å². The molecule has 1 heterocycles. The van der Waals surface area contributed by atoms with Gasteiger partial charge in [0.15, 0.2) is 5.96 Å². The predicted octanol–water partition coefficient (Wildman–Crippen LogP) is 4.02. The number of rotatable bonds is 7. The van der Waals surface area contributed by atoms with Crippen molar-refractivity contribution in [3.63, 3.8) is 0 Å². The topological polar surface area (TPSA) is 56.7 Å². The van der Waals surface area contributed by atoms with Crippen LogP contribution in [0.3, 0.4) is 0 Å². The van der Waals surface area contributed by atoms with Gasteiger partial charge in [-0.05, 0) is 38.0 Å². The highest BCUT2D eigenvalue weighted by molar-refractivity contribution is 14.0. The summed E-state index contributed by atoms with van der Waals surface area (Å²) in [6.07, 6.45) is 0.886. The zero-order valence-corrected chi connectivity index (χ0v) is 18.4. The Morgan fingerprint density at radius 3 is 2.52 bits per heavy atom. The number of nitrogens with zero attached hydrogens (tertiary/aromatic N) is 1. The minimum absolute atomic E-state index is 0. The van der Waals surface area contributed by atoms with Gasteiger partial charge < -0.3 is 15.7 Å². The van der Waals surface area contributed by atoms with Crippen molar-refractivity contribution in [3.05, 3.63) is 57.2 Å². The molecular weight excluding hydrogens is 469 g/mol. The van der Waals surface area contributed by atoms with Gasteiger partial charge in [-0.15, -0.1) is 35.3 Å². The number of guanidine groups is 1. The summed E-state index contributed by atoms with van der Waals surface area (Å²) in [5.74, 6) is 0.705. The van der Waals surface area contributed by atoms with Crippen molar-refractivity contribution < 1.29 is 5.11 Å². The van der Waals surface area contributed by atoms with Gasteiger partial charge >= 0.3 is 0 Å². The number of hydrogen-bond acceptors (Lipinski definition) is 3. The Hall–Kier alpha value is -0.830. The molecule has 3 N–H and O–H groups in total. The molecule has 0 saturated heterocycles. The summed E-state index contributed by atoms with van der Waals surface area (Å²) < 4.78 is 0.810. The van der Waals surface area contributed by atoms with Crippen LogP contribution in [0.25, 0.3) is 0 Å². The fourth-order valence-electron chi connectivity index (χ4n) is 2.25. The third kappa shape index (κ3) is 7.52. The molecule has 1 unspecified atom stereocenters. The lowest BCUT2D eigenvalue weighted by atomic mass is 9.96. The molecule has 2 rings (SSSR count). The summed E-state index contributed by atoms with van der Waals surface area (Å²) in [4.78, 5) is 5.76. The second kappa shape index (κ2) is 11.0. The Labute approximate surface area is 175 Å². The molecule has 0 aliphatic carbocycles. The van der Waals surface area contributed by atoms with Gasteiger partial charge in [-0.3, -0.25) is 0 Å². The molecule has 0 fully saturated rings. The first-order chi connectivity index (χ1) is 11.5. The van der Waals surface area contributed by atoms with Crippen LogP contribution in [0.5, 0.6) is 0 Å². The number of thiophene rings is 1. The van der Waals surface area contributed by atoms with Crippen molar-refractivity contribution in [2.24, 2.45) is 4.99 Å². The van der Waals surface area contributed by atoms with Gasteiger partial charge in [-0.25, -0.2) is 4.99 Å². The summed E-state index contributed by atoms with van der Waals surface area (Å²) in [6, 6.07) is 13.6. The van der Waals surface area contributed by atoms with Crippen LogP contribution in [0, 0.1) is 0 Å². The van der Waals surface area contributed by atoms with Crippen molar-refractivity contribution in [1.29, 1.82) is 0 Å². The van der Waals surface area contributed by atoms with E-state index in [2.05, 4.69) is 15.6 Å². The fraction of sp³-hybridized carbons (Fsp3) is 0.389. The highest BCUT2D eigenvalue weighted by Gasteiger charge is 2.22. The molecule has 0 radical (unpaired) electrons. The van der Waals surface area contributed by atoms with Crippen LogP contribution in [-0.4, -0.2) is 30.7 Å². The lowest BCUT2D eigenvalue weighted by molar-refractivity contribution is 0.0672. The Morgan fingerprint density at radius 1 is 1.20 bits per heavy atom. The average Bonchev–Trinajstić information content (AvgIpc) is 2.99. The molecule has 1 atom stereocenters. The third-order valence-corrected chi connectivity index (χ3v) is 4.87. The minimum Gasteiger partial charge on any atom is -0.384 e. The molecule has 138 valence electrons. The highest BCUT2D eigenvalue weighted by atomic mass is 127. The lowest BCUT2D eigenvalue weighted by Crippen LogP contribution is -2.39. The molecule has 0 aliphatic rings. The molecule has 0 amide bonds. The Kier molecular flexibility index (Phi) is 9.78. The normalized spacial score (nSPS) is 13.7. The van der Waals surface area contributed by atoms with Gasteiger partial charge in [0.1, 0.15) is 5.60 Å². The standard InChI is InChI=1S/C18H24ClN3OS.HI/c1-3-20-17(21-12-11-15-9-10-16(19)24-15)22-13-18(2,23)14-7-5-4-6-8-14;/h4-10,23H,3,11-13H2,1-2H3,(H2,20,21,22);1H. The number of aliphatic hydroxyl groups is 1. The molecule has 2 aromatic rings. The van der Waals surface area contributed by atoms with E-state index in [4.69, 9.17) is 11.6 Å². The summed E-state index contributed by atoms with van der Waals surface area (Å²) >= 11 is 7.54. The van der Waals surface area contributed by atoms with Gasteiger partial charge in [-0.1, -0.05) is 41.9 Å². The highest BCUT2D eigenvalue weighted by Crippen LogP contribution is 2.21. The first-order valence-electron chi connectivity index (χ1n) is 8.05. The number of benzene rings is 1. The van der Waals surface area contributed by atoms with E-state index in [-0.39, 0.29) is 30.5 Å². The van der Waals surface area contributed by atoms with Gasteiger partial charge in [0, 0.05) is 18.0 Å². The van der Waals surface area contributed by atoms with E-state index >= 15 is 0 Å². The number of halogens is 2. The van der Waals surface area contributed by atoms with E-state index in [0.717, 1.165) is 29.4 Å². The van der Waals surface area contributed by atoms with Crippen molar-refractivity contribution in [3.8, 4) is 0 Å². The fourth-order valence-corrected chi connectivity index (χ4v) is 3.34. The second-order valence-electron chi connectivity index (χ2n) is 5.72. The van der Waals surface area contributed by atoms with Crippen LogP contribution < -0.4 is 10.6 Å². The molecule has 1 aromatic heterocycles. The summed E-state index contributed by atoms with van der Waals surface area (Å²) in [5, 5.41) is 17.1. The Morgan fingerprint density at radius 2 is 1.92 bits per heavy atom. The molecule has 25 heavy (non-hydrogen) atoms. The van der Waals surface area contributed by atoms with Gasteiger partial charge in [0.2, 0.25) is 0 Å². The molecule has 0 saturated carbocycles. The van der Waals surface area contributed by atoms with Crippen LogP contribution in [-0.2, 0) is 12.0 Å². The quantitative estimate of drug-likeness (QED) is 0.310. The molecular formula is C18H25ClIN3OS. The zero-order valence-electron chi connectivity index (χ0n) is 14.5. The molecule has 0 spiro atoms. The van der Waals surface area contributed by atoms with Crippen molar-refractivity contribution in [2.75, 3.05) is 19.6 Å². The Bertz CT molecular complexity index is 661. The van der Waals surface area contributed by atoms with E-state index < -0.39 is 5.60 Å². The van der Waals surface area contributed by atoms with E-state index in [0.29, 0.717) is 5.96 Å². The van der Waals surface area contributed by atoms with Crippen LogP contribution in [0.1, 0.15) is 24.3 Å². The van der Waals surface area contributed by atoms with Crippen LogP contribution in [0.15, 0.2) is 47.5 Å². The zero-order chi connectivity index (χ0) is 17.4.